The number of benzene rings is 1. The zero-order chi connectivity index (χ0) is 13.0. The second kappa shape index (κ2) is 6.20. The molecule has 1 aromatic rings. The van der Waals surface area contributed by atoms with Gasteiger partial charge in [-0.05, 0) is 24.5 Å². The number of thioether (sulfide) groups is 1. The van der Waals surface area contributed by atoms with Crippen molar-refractivity contribution < 1.29 is 9.13 Å². The third kappa shape index (κ3) is 3.46. The van der Waals surface area contributed by atoms with E-state index < -0.39 is 0 Å². The average molecular weight is 268 g/mol. The summed E-state index contributed by atoms with van der Waals surface area (Å²) in [5.74, 6) is 1.15. The molecule has 1 aliphatic rings. The Hall–Kier alpha value is -1.07. The number of rotatable bonds is 5. The van der Waals surface area contributed by atoms with Gasteiger partial charge in [0.1, 0.15) is 11.7 Å². The molecule has 0 aliphatic carbocycles. The van der Waals surface area contributed by atoms with Crippen molar-refractivity contribution >= 4 is 17.6 Å². The van der Waals surface area contributed by atoms with Gasteiger partial charge in [0, 0.05) is 23.7 Å². The van der Waals surface area contributed by atoms with Crippen LogP contribution in [0.15, 0.2) is 18.2 Å². The standard InChI is InChI=1S/C13H17FN2OS/c14-12-6-9(13(15)16)3-4-10(12)7-18-8-11-2-1-5-17-11/h3-4,6,11H,1-2,5,7-8H2,(H3,15,16). The second-order valence-corrected chi connectivity index (χ2v) is 5.40. The fourth-order valence-electron chi connectivity index (χ4n) is 1.91. The van der Waals surface area contributed by atoms with Crippen LogP contribution in [-0.2, 0) is 10.5 Å². The molecule has 98 valence electrons. The van der Waals surface area contributed by atoms with Crippen LogP contribution in [-0.4, -0.2) is 24.3 Å². The van der Waals surface area contributed by atoms with Crippen molar-refractivity contribution in [1.82, 2.24) is 0 Å². The molecule has 1 aromatic carbocycles. The molecule has 1 heterocycles. The Morgan fingerprint density at radius 1 is 1.56 bits per heavy atom. The van der Waals surface area contributed by atoms with E-state index in [-0.39, 0.29) is 11.7 Å². The van der Waals surface area contributed by atoms with Crippen molar-refractivity contribution in [3.05, 3.63) is 35.1 Å². The van der Waals surface area contributed by atoms with Gasteiger partial charge in [0.05, 0.1) is 6.10 Å². The first-order chi connectivity index (χ1) is 8.66. The summed E-state index contributed by atoms with van der Waals surface area (Å²) in [6, 6.07) is 4.71. The molecular formula is C13H17FN2OS. The first-order valence-corrected chi connectivity index (χ1v) is 7.14. The van der Waals surface area contributed by atoms with Crippen molar-refractivity contribution in [1.29, 1.82) is 5.41 Å². The summed E-state index contributed by atoms with van der Waals surface area (Å²) in [6.45, 7) is 0.854. The molecule has 0 amide bonds. The Balaban J connectivity index is 1.87. The Morgan fingerprint density at radius 3 is 3.00 bits per heavy atom. The largest absolute Gasteiger partial charge is 0.384 e. The number of hydrogen-bond donors (Lipinski definition) is 2. The second-order valence-electron chi connectivity index (χ2n) is 4.37. The molecule has 18 heavy (non-hydrogen) atoms. The number of ether oxygens (including phenoxy) is 1. The van der Waals surface area contributed by atoms with E-state index in [0.29, 0.717) is 23.0 Å². The van der Waals surface area contributed by atoms with E-state index in [4.69, 9.17) is 15.9 Å². The van der Waals surface area contributed by atoms with Crippen molar-refractivity contribution in [2.24, 2.45) is 5.73 Å². The maximum atomic E-state index is 13.7. The molecule has 0 bridgehead atoms. The van der Waals surface area contributed by atoms with Gasteiger partial charge in [-0.25, -0.2) is 4.39 Å². The minimum Gasteiger partial charge on any atom is -0.384 e. The van der Waals surface area contributed by atoms with E-state index in [1.54, 1.807) is 23.9 Å². The number of nitrogens with two attached hydrogens (primary N) is 1. The van der Waals surface area contributed by atoms with Crippen molar-refractivity contribution in [2.45, 2.75) is 24.7 Å². The summed E-state index contributed by atoms with van der Waals surface area (Å²) in [4.78, 5) is 0. The summed E-state index contributed by atoms with van der Waals surface area (Å²) in [5, 5.41) is 7.24. The summed E-state index contributed by atoms with van der Waals surface area (Å²) in [5.41, 5.74) is 6.40. The minimum atomic E-state index is -0.289. The third-order valence-corrected chi connectivity index (χ3v) is 4.07. The van der Waals surface area contributed by atoms with E-state index >= 15 is 0 Å². The lowest BCUT2D eigenvalue weighted by Crippen LogP contribution is -2.11. The fourth-order valence-corrected chi connectivity index (χ4v) is 3.01. The lowest BCUT2D eigenvalue weighted by molar-refractivity contribution is 0.129. The zero-order valence-electron chi connectivity index (χ0n) is 10.1. The van der Waals surface area contributed by atoms with E-state index in [1.165, 1.54) is 6.07 Å². The molecule has 1 fully saturated rings. The van der Waals surface area contributed by atoms with Crippen molar-refractivity contribution in [3.8, 4) is 0 Å². The van der Waals surface area contributed by atoms with Crippen molar-refractivity contribution in [2.75, 3.05) is 12.4 Å². The van der Waals surface area contributed by atoms with Gasteiger partial charge in [-0.15, -0.1) is 0 Å². The molecule has 1 aliphatic heterocycles. The van der Waals surface area contributed by atoms with Gasteiger partial charge in [-0.2, -0.15) is 11.8 Å². The first-order valence-electron chi connectivity index (χ1n) is 5.99. The molecule has 2 rings (SSSR count). The third-order valence-electron chi connectivity index (χ3n) is 2.95. The fraction of sp³-hybridized carbons (Fsp3) is 0.462. The molecule has 0 saturated carbocycles. The Labute approximate surface area is 110 Å². The molecule has 3 N–H and O–H groups in total. The molecule has 1 unspecified atom stereocenters. The maximum Gasteiger partial charge on any atom is 0.127 e. The number of halogens is 1. The highest BCUT2D eigenvalue weighted by Crippen LogP contribution is 2.21. The SMILES string of the molecule is N=C(N)c1ccc(CSCC2CCCO2)c(F)c1. The van der Waals surface area contributed by atoms with Crippen LogP contribution in [0.4, 0.5) is 4.39 Å². The molecule has 0 aromatic heterocycles. The van der Waals surface area contributed by atoms with E-state index in [1.807, 2.05) is 0 Å². The summed E-state index contributed by atoms with van der Waals surface area (Å²) in [7, 11) is 0. The van der Waals surface area contributed by atoms with Gasteiger partial charge in [0.15, 0.2) is 0 Å². The summed E-state index contributed by atoms with van der Waals surface area (Å²) in [6.07, 6.45) is 2.57. The lowest BCUT2D eigenvalue weighted by atomic mass is 10.1. The predicted molar refractivity (Wildman–Crippen MR) is 72.6 cm³/mol. The quantitative estimate of drug-likeness (QED) is 0.637. The lowest BCUT2D eigenvalue weighted by Gasteiger charge is -2.09. The van der Waals surface area contributed by atoms with Crippen LogP contribution in [0.1, 0.15) is 24.0 Å². The highest BCUT2D eigenvalue weighted by atomic mass is 32.2. The zero-order valence-corrected chi connectivity index (χ0v) is 10.9. The molecular weight excluding hydrogens is 251 g/mol. The average Bonchev–Trinajstić information content (AvgIpc) is 2.84. The van der Waals surface area contributed by atoms with Gasteiger partial charge in [0.2, 0.25) is 0 Å². The Kier molecular flexibility index (Phi) is 4.60. The van der Waals surface area contributed by atoms with Gasteiger partial charge in [-0.1, -0.05) is 12.1 Å². The topological polar surface area (TPSA) is 59.1 Å². The molecule has 3 nitrogen and oxygen atoms in total. The van der Waals surface area contributed by atoms with Crippen LogP contribution in [0.5, 0.6) is 0 Å². The van der Waals surface area contributed by atoms with Crippen LogP contribution in [0.25, 0.3) is 0 Å². The van der Waals surface area contributed by atoms with Crippen LogP contribution in [0.2, 0.25) is 0 Å². The molecule has 1 atom stereocenters. The first kappa shape index (κ1) is 13.4. The number of hydrogen-bond acceptors (Lipinski definition) is 3. The molecule has 1 saturated heterocycles. The number of nitrogens with one attached hydrogen (secondary N) is 1. The van der Waals surface area contributed by atoms with E-state index in [2.05, 4.69) is 0 Å². The minimum absolute atomic E-state index is 0.104. The smallest absolute Gasteiger partial charge is 0.127 e. The molecule has 0 spiro atoms. The van der Waals surface area contributed by atoms with E-state index in [0.717, 1.165) is 25.2 Å². The van der Waals surface area contributed by atoms with Gasteiger partial charge in [-0.3, -0.25) is 5.41 Å². The normalized spacial score (nSPS) is 19.1. The number of nitrogen functional groups attached to an aromatic ring is 1. The summed E-state index contributed by atoms with van der Waals surface area (Å²) < 4.78 is 19.2. The highest BCUT2D eigenvalue weighted by molar-refractivity contribution is 7.98. The van der Waals surface area contributed by atoms with Gasteiger partial charge >= 0.3 is 0 Å². The van der Waals surface area contributed by atoms with Crippen LogP contribution >= 0.6 is 11.8 Å². The molecule has 0 radical (unpaired) electrons. The Morgan fingerprint density at radius 2 is 2.39 bits per heavy atom. The maximum absolute atomic E-state index is 13.7. The highest BCUT2D eigenvalue weighted by Gasteiger charge is 2.15. The molecule has 5 heteroatoms. The predicted octanol–water partition coefficient (Wildman–Crippen LogP) is 2.52. The van der Waals surface area contributed by atoms with Gasteiger partial charge < -0.3 is 10.5 Å². The van der Waals surface area contributed by atoms with Crippen LogP contribution in [0.3, 0.4) is 0 Å². The Bertz CT molecular complexity index is 433. The van der Waals surface area contributed by atoms with Gasteiger partial charge in [0.25, 0.3) is 0 Å². The van der Waals surface area contributed by atoms with Crippen molar-refractivity contribution in [3.63, 3.8) is 0 Å². The van der Waals surface area contributed by atoms with Crippen LogP contribution < -0.4 is 5.73 Å². The summed E-state index contributed by atoms with van der Waals surface area (Å²) >= 11 is 1.68. The van der Waals surface area contributed by atoms with E-state index in [9.17, 15) is 4.39 Å². The van der Waals surface area contributed by atoms with Crippen LogP contribution in [0, 0.1) is 11.2 Å². The number of amidine groups is 1. The monoisotopic (exact) mass is 268 g/mol.